The number of furan rings is 1. The van der Waals surface area contributed by atoms with Crippen molar-refractivity contribution in [3.8, 4) is 11.3 Å². The molecule has 4 rings (SSSR count). The SMILES string of the molecule is Cc1nc2ccccc2n1CCNC(=O)CCc1ccc(-c2ccccc2)o1. The molecule has 2 aromatic heterocycles. The number of hydrogen-bond donors (Lipinski definition) is 1. The Bertz CT molecular complexity index is 1080. The Kier molecular flexibility index (Phi) is 5.24. The van der Waals surface area contributed by atoms with Crippen LogP contribution in [0.4, 0.5) is 0 Å². The van der Waals surface area contributed by atoms with Crippen molar-refractivity contribution in [3.05, 3.63) is 78.3 Å². The van der Waals surface area contributed by atoms with Crippen LogP contribution in [-0.2, 0) is 17.8 Å². The molecule has 0 aliphatic carbocycles. The summed E-state index contributed by atoms with van der Waals surface area (Å²) in [5.41, 5.74) is 3.12. The zero-order chi connectivity index (χ0) is 19.3. The first kappa shape index (κ1) is 18.0. The lowest BCUT2D eigenvalue weighted by Crippen LogP contribution is -2.27. The highest BCUT2D eigenvalue weighted by molar-refractivity contribution is 5.77. The van der Waals surface area contributed by atoms with Crippen LogP contribution in [0, 0.1) is 6.92 Å². The van der Waals surface area contributed by atoms with Gasteiger partial charge in [0.1, 0.15) is 17.3 Å². The van der Waals surface area contributed by atoms with Gasteiger partial charge in [-0.15, -0.1) is 0 Å². The molecule has 2 heterocycles. The average molecular weight is 373 g/mol. The third kappa shape index (κ3) is 3.98. The smallest absolute Gasteiger partial charge is 0.220 e. The van der Waals surface area contributed by atoms with E-state index in [-0.39, 0.29) is 5.91 Å². The highest BCUT2D eigenvalue weighted by Crippen LogP contribution is 2.22. The summed E-state index contributed by atoms with van der Waals surface area (Å²) in [4.78, 5) is 16.7. The fourth-order valence-corrected chi connectivity index (χ4v) is 3.38. The van der Waals surface area contributed by atoms with Crippen molar-refractivity contribution in [3.63, 3.8) is 0 Å². The van der Waals surface area contributed by atoms with E-state index in [0.29, 0.717) is 25.9 Å². The molecule has 0 unspecified atom stereocenters. The van der Waals surface area contributed by atoms with Gasteiger partial charge < -0.3 is 14.3 Å². The van der Waals surface area contributed by atoms with E-state index in [0.717, 1.165) is 33.9 Å². The molecular weight excluding hydrogens is 350 g/mol. The fourth-order valence-electron chi connectivity index (χ4n) is 3.38. The highest BCUT2D eigenvalue weighted by atomic mass is 16.3. The molecule has 28 heavy (non-hydrogen) atoms. The number of carbonyl (C=O) groups excluding carboxylic acids is 1. The van der Waals surface area contributed by atoms with Crippen molar-refractivity contribution in [2.24, 2.45) is 0 Å². The molecule has 0 spiro atoms. The van der Waals surface area contributed by atoms with Gasteiger partial charge in [0.05, 0.1) is 11.0 Å². The molecule has 0 radical (unpaired) electrons. The quantitative estimate of drug-likeness (QED) is 0.524. The number of aryl methyl sites for hydroxylation is 2. The van der Waals surface area contributed by atoms with Gasteiger partial charge >= 0.3 is 0 Å². The molecule has 0 bridgehead atoms. The zero-order valence-electron chi connectivity index (χ0n) is 15.9. The van der Waals surface area contributed by atoms with Crippen LogP contribution in [0.1, 0.15) is 18.0 Å². The standard InChI is InChI=1S/C23H23N3O2/c1-17-25-20-9-5-6-10-21(20)26(17)16-15-24-23(27)14-12-19-11-13-22(28-19)18-7-3-2-4-8-18/h2-11,13H,12,14-16H2,1H3,(H,24,27). The van der Waals surface area contributed by atoms with Gasteiger partial charge in [0.2, 0.25) is 5.91 Å². The maximum absolute atomic E-state index is 12.2. The predicted molar refractivity (Wildman–Crippen MR) is 110 cm³/mol. The first-order chi connectivity index (χ1) is 13.7. The van der Waals surface area contributed by atoms with E-state index in [4.69, 9.17) is 4.42 Å². The second-order valence-corrected chi connectivity index (χ2v) is 6.78. The Labute approximate surface area is 164 Å². The van der Waals surface area contributed by atoms with Crippen LogP contribution in [0.5, 0.6) is 0 Å². The second-order valence-electron chi connectivity index (χ2n) is 6.78. The van der Waals surface area contributed by atoms with E-state index in [1.54, 1.807) is 0 Å². The van der Waals surface area contributed by atoms with Gasteiger partial charge in [-0.2, -0.15) is 0 Å². The van der Waals surface area contributed by atoms with Crippen molar-refractivity contribution in [1.29, 1.82) is 0 Å². The molecule has 5 heteroatoms. The van der Waals surface area contributed by atoms with Crippen LogP contribution in [0.15, 0.2) is 71.1 Å². The lowest BCUT2D eigenvalue weighted by atomic mass is 10.2. The van der Waals surface area contributed by atoms with Gasteiger partial charge in [-0.25, -0.2) is 4.98 Å². The molecule has 0 aliphatic rings. The Morgan fingerprint density at radius 2 is 1.82 bits per heavy atom. The number of benzene rings is 2. The molecule has 5 nitrogen and oxygen atoms in total. The van der Waals surface area contributed by atoms with Crippen molar-refractivity contribution in [2.75, 3.05) is 6.54 Å². The number of nitrogens with one attached hydrogen (secondary N) is 1. The molecule has 0 saturated carbocycles. The number of fused-ring (bicyclic) bond motifs is 1. The van der Waals surface area contributed by atoms with Gasteiger partial charge in [0.15, 0.2) is 0 Å². The first-order valence-corrected chi connectivity index (χ1v) is 9.53. The van der Waals surface area contributed by atoms with Gasteiger partial charge in [-0.05, 0) is 31.2 Å². The summed E-state index contributed by atoms with van der Waals surface area (Å²) in [6, 6.07) is 21.9. The van der Waals surface area contributed by atoms with Gasteiger partial charge in [-0.3, -0.25) is 4.79 Å². The molecule has 1 amide bonds. The lowest BCUT2D eigenvalue weighted by molar-refractivity contribution is -0.121. The molecule has 0 aliphatic heterocycles. The van der Waals surface area contributed by atoms with Crippen LogP contribution < -0.4 is 5.32 Å². The topological polar surface area (TPSA) is 60.1 Å². The average Bonchev–Trinajstić information content (AvgIpc) is 3.32. The van der Waals surface area contributed by atoms with Crippen molar-refractivity contribution >= 4 is 16.9 Å². The largest absolute Gasteiger partial charge is 0.461 e. The monoisotopic (exact) mass is 373 g/mol. The minimum Gasteiger partial charge on any atom is -0.461 e. The first-order valence-electron chi connectivity index (χ1n) is 9.53. The summed E-state index contributed by atoms with van der Waals surface area (Å²) in [5, 5.41) is 2.99. The maximum Gasteiger partial charge on any atom is 0.220 e. The third-order valence-electron chi connectivity index (χ3n) is 4.82. The van der Waals surface area contributed by atoms with E-state index >= 15 is 0 Å². The predicted octanol–water partition coefficient (Wildman–Crippen LogP) is 4.35. The zero-order valence-corrected chi connectivity index (χ0v) is 15.9. The van der Waals surface area contributed by atoms with E-state index < -0.39 is 0 Å². The molecule has 4 aromatic rings. The van der Waals surface area contributed by atoms with E-state index in [9.17, 15) is 4.79 Å². The van der Waals surface area contributed by atoms with Crippen LogP contribution in [0.3, 0.4) is 0 Å². The maximum atomic E-state index is 12.2. The van der Waals surface area contributed by atoms with Crippen LogP contribution in [0.2, 0.25) is 0 Å². The summed E-state index contributed by atoms with van der Waals surface area (Å²) < 4.78 is 7.99. The third-order valence-corrected chi connectivity index (χ3v) is 4.82. The minimum absolute atomic E-state index is 0.0275. The molecule has 0 saturated heterocycles. The Morgan fingerprint density at radius 3 is 2.68 bits per heavy atom. The minimum atomic E-state index is 0.0275. The summed E-state index contributed by atoms with van der Waals surface area (Å²) in [7, 11) is 0. The van der Waals surface area contributed by atoms with Crippen molar-refractivity contribution < 1.29 is 9.21 Å². The molecule has 142 valence electrons. The van der Waals surface area contributed by atoms with Crippen molar-refractivity contribution in [1.82, 2.24) is 14.9 Å². The van der Waals surface area contributed by atoms with Crippen LogP contribution >= 0.6 is 0 Å². The molecule has 0 atom stereocenters. The molecular formula is C23H23N3O2. The summed E-state index contributed by atoms with van der Waals surface area (Å²) >= 11 is 0. The molecule has 2 aromatic carbocycles. The Balaban J connectivity index is 1.27. The summed E-state index contributed by atoms with van der Waals surface area (Å²) in [6.07, 6.45) is 0.997. The number of carbonyl (C=O) groups is 1. The number of para-hydroxylation sites is 2. The Morgan fingerprint density at radius 1 is 1.04 bits per heavy atom. The van der Waals surface area contributed by atoms with Crippen LogP contribution in [0.25, 0.3) is 22.4 Å². The number of rotatable bonds is 7. The van der Waals surface area contributed by atoms with Gasteiger partial charge in [-0.1, -0.05) is 42.5 Å². The fraction of sp³-hybridized carbons (Fsp3) is 0.217. The summed E-state index contributed by atoms with van der Waals surface area (Å²) in [6.45, 7) is 3.27. The number of nitrogens with zero attached hydrogens (tertiary/aromatic N) is 2. The number of imidazole rings is 1. The summed E-state index contributed by atoms with van der Waals surface area (Å²) in [5.74, 6) is 2.64. The molecule has 0 fully saturated rings. The van der Waals surface area contributed by atoms with Crippen molar-refractivity contribution in [2.45, 2.75) is 26.3 Å². The highest BCUT2D eigenvalue weighted by Gasteiger charge is 2.09. The molecule has 1 N–H and O–H groups in total. The Hall–Kier alpha value is -3.34. The van der Waals surface area contributed by atoms with Gasteiger partial charge in [0.25, 0.3) is 0 Å². The second kappa shape index (κ2) is 8.13. The number of hydrogen-bond acceptors (Lipinski definition) is 3. The normalized spacial score (nSPS) is 11.0. The van der Waals surface area contributed by atoms with E-state index in [1.165, 1.54) is 0 Å². The lowest BCUT2D eigenvalue weighted by Gasteiger charge is -2.08. The van der Waals surface area contributed by atoms with Crippen LogP contribution in [-0.4, -0.2) is 22.0 Å². The van der Waals surface area contributed by atoms with Gasteiger partial charge in [0, 0.05) is 31.5 Å². The number of aromatic nitrogens is 2. The number of amides is 1. The van der Waals surface area contributed by atoms with E-state index in [2.05, 4.69) is 20.9 Å². The van der Waals surface area contributed by atoms with E-state index in [1.807, 2.05) is 67.6 Å².